The highest BCUT2D eigenvalue weighted by atomic mass is 16.6. The molecule has 1 saturated heterocycles. The van der Waals surface area contributed by atoms with Crippen LogP contribution in [0.4, 0.5) is 4.79 Å². The summed E-state index contributed by atoms with van der Waals surface area (Å²) in [6, 6.07) is 0.576. The van der Waals surface area contributed by atoms with Crippen molar-refractivity contribution in [3.05, 3.63) is 0 Å². The number of carbonyl (C=O) groups is 1. The molecule has 0 radical (unpaired) electrons. The van der Waals surface area contributed by atoms with E-state index in [1.165, 1.54) is 25.8 Å². The van der Waals surface area contributed by atoms with Crippen LogP contribution in [0.1, 0.15) is 40.0 Å². The van der Waals surface area contributed by atoms with Gasteiger partial charge in [0.25, 0.3) is 0 Å². The van der Waals surface area contributed by atoms with Crippen LogP contribution >= 0.6 is 0 Å². The topological polar surface area (TPSA) is 44.8 Å². The summed E-state index contributed by atoms with van der Waals surface area (Å²) in [5.74, 6) is 0. The predicted octanol–water partition coefficient (Wildman–Crippen LogP) is 1.93. The van der Waals surface area contributed by atoms with Crippen LogP contribution in [0.2, 0.25) is 0 Å². The molecule has 1 atom stereocenters. The molecule has 1 rings (SSSR count). The lowest BCUT2D eigenvalue weighted by Crippen LogP contribution is -2.40. The monoisotopic (exact) mass is 285 g/mol. The van der Waals surface area contributed by atoms with E-state index < -0.39 is 5.60 Å². The fourth-order valence-corrected chi connectivity index (χ4v) is 2.31. The molecule has 1 N–H and O–H groups in total. The number of nitrogens with one attached hydrogen (secondary N) is 1. The minimum absolute atomic E-state index is 0.250. The van der Waals surface area contributed by atoms with Crippen molar-refractivity contribution in [1.82, 2.24) is 15.1 Å². The Bertz CT molecular complexity index is 302. The quantitative estimate of drug-likeness (QED) is 0.857. The Morgan fingerprint density at radius 3 is 2.70 bits per heavy atom. The Labute approximate surface area is 123 Å². The van der Waals surface area contributed by atoms with Gasteiger partial charge in [0.05, 0.1) is 0 Å². The first-order valence-corrected chi connectivity index (χ1v) is 7.64. The van der Waals surface area contributed by atoms with Crippen molar-refractivity contribution in [1.29, 1.82) is 0 Å². The van der Waals surface area contributed by atoms with Gasteiger partial charge >= 0.3 is 6.09 Å². The first-order chi connectivity index (χ1) is 9.28. The Hall–Kier alpha value is -0.810. The SMILES string of the molecule is CN1CCCC(NCCN(C)C(=O)OC(C)(C)C)CC1. The molecule has 0 aromatic rings. The van der Waals surface area contributed by atoms with E-state index in [9.17, 15) is 4.79 Å². The standard InChI is InChI=1S/C15H31N3O2/c1-15(2,3)20-14(19)18(5)12-9-16-13-7-6-10-17(4)11-8-13/h13,16H,6-12H2,1-5H3. The highest BCUT2D eigenvalue weighted by molar-refractivity contribution is 5.67. The smallest absolute Gasteiger partial charge is 0.410 e. The fourth-order valence-electron chi connectivity index (χ4n) is 2.31. The Kier molecular flexibility index (Phi) is 6.76. The summed E-state index contributed by atoms with van der Waals surface area (Å²) in [5.41, 5.74) is -0.426. The van der Waals surface area contributed by atoms with Gasteiger partial charge in [-0.2, -0.15) is 0 Å². The van der Waals surface area contributed by atoms with Crippen molar-refractivity contribution in [2.24, 2.45) is 0 Å². The molecule has 0 aliphatic carbocycles. The van der Waals surface area contributed by atoms with Crippen molar-refractivity contribution in [3.8, 4) is 0 Å². The second-order valence-corrected chi connectivity index (χ2v) is 6.79. The molecule has 0 bridgehead atoms. The molecule has 1 unspecified atom stereocenters. The molecule has 0 spiro atoms. The van der Waals surface area contributed by atoms with Gasteiger partial charge in [-0.25, -0.2) is 4.79 Å². The van der Waals surface area contributed by atoms with Crippen molar-refractivity contribution < 1.29 is 9.53 Å². The highest BCUT2D eigenvalue weighted by Gasteiger charge is 2.19. The summed E-state index contributed by atoms with van der Waals surface area (Å²) in [5, 5.41) is 3.55. The zero-order chi connectivity index (χ0) is 15.2. The maximum atomic E-state index is 11.8. The molecule has 1 fully saturated rings. The van der Waals surface area contributed by atoms with E-state index in [4.69, 9.17) is 4.74 Å². The van der Waals surface area contributed by atoms with Crippen LogP contribution in [-0.2, 0) is 4.74 Å². The van der Waals surface area contributed by atoms with Crippen LogP contribution in [0, 0.1) is 0 Å². The zero-order valence-electron chi connectivity index (χ0n) is 13.7. The molecule has 1 amide bonds. The molecule has 1 heterocycles. The lowest BCUT2D eigenvalue weighted by molar-refractivity contribution is 0.0299. The number of amides is 1. The minimum Gasteiger partial charge on any atom is -0.444 e. The van der Waals surface area contributed by atoms with Gasteiger partial charge < -0.3 is 19.9 Å². The van der Waals surface area contributed by atoms with Crippen molar-refractivity contribution in [2.45, 2.75) is 51.7 Å². The van der Waals surface area contributed by atoms with E-state index in [1.807, 2.05) is 20.8 Å². The first kappa shape index (κ1) is 17.2. The second-order valence-electron chi connectivity index (χ2n) is 6.79. The first-order valence-electron chi connectivity index (χ1n) is 7.64. The van der Waals surface area contributed by atoms with Gasteiger partial charge in [0.15, 0.2) is 0 Å². The molecule has 118 valence electrons. The number of likely N-dealkylation sites (tertiary alicyclic amines) is 1. The maximum Gasteiger partial charge on any atom is 0.410 e. The van der Waals surface area contributed by atoms with Gasteiger partial charge in [-0.1, -0.05) is 0 Å². The maximum absolute atomic E-state index is 11.8. The third-order valence-corrected chi connectivity index (χ3v) is 3.54. The van der Waals surface area contributed by atoms with Crippen LogP contribution in [-0.4, -0.2) is 67.8 Å². The molecule has 5 heteroatoms. The molecule has 1 aliphatic heterocycles. The van der Waals surface area contributed by atoms with E-state index in [1.54, 1.807) is 11.9 Å². The number of carbonyl (C=O) groups excluding carboxylic acids is 1. The summed E-state index contributed by atoms with van der Waals surface area (Å²) >= 11 is 0. The molecule has 0 aromatic carbocycles. The number of nitrogens with zero attached hydrogens (tertiary/aromatic N) is 2. The Morgan fingerprint density at radius 2 is 2.05 bits per heavy atom. The molecular weight excluding hydrogens is 254 g/mol. The summed E-state index contributed by atoms with van der Waals surface area (Å²) in [6.07, 6.45) is 3.41. The minimum atomic E-state index is -0.426. The van der Waals surface area contributed by atoms with E-state index in [0.29, 0.717) is 12.6 Å². The van der Waals surface area contributed by atoms with Crippen LogP contribution in [0.3, 0.4) is 0 Å². The average molecular weight is 285 g/mol. The lowest BCUT2D eigenvalue weighted by Gasteiger charge is -2.25. The zero-order valence-corrected chi connectivity index (χ0v) is 13.7. The van der Waals surface area contributed by atoms with E-state index in [-0.39, 0.29) is 6.09 Å². The van der Waals surface area contributed by atoms with Crippen molar-refractivity contribution in [2.75, 3.05) is 40.3 Å². The number of rotatable bonds is 4. The molecule has 20 heavy (non-hydrogen) atoms. The van der Waals surface area contributed by atoms with Gasteiger partial charge in [0.1, 0.15) is 5.60 Å². The van der Waals surface area contributed by atoms with E-state index in [0.717, 1.165) is 13.1 Å². The average Bonchev–Trinajstić information content (AvgIpc) is 2.52. The molecule has 5 nitrogen and oxygen atoms in total. The lowest BCUT2D eigenvalue weighted by atomic mass is 10.1. The molecule has 1 aliphatic rings. The summed E-state index contributed by atoms with van der Waals surface area (Å²) in [4.78, 5) is 15.8. The normalized spacial score (nSPS) is 21.4. The predicted molar refractivity (Wildman–Crippen MR) is 82.0 cm³/mol. The van der Waals surface area contributed by atoms with E-state index >= 15 is 0 Å². The van der Waals surface area contributed by atoms with Crippen LogP contribution in [0.15, 0.2) is 0 Å². The summed E-state index contributed by atoms with van der Waals surface area (Å²) in [7, 11) is 3.97. The van der Waals surface area contributed by atoms with Crippen molar-refractivity contribution in [3.63, 3.8) is 0 Å². The number of hydrogen-bond acceptors (Lipinski definition) is 4. The van der Waals surface area contributed by atoms with Crippen molar-refractivity contribution >= 4 is 6.09 Å². The van der Waals surface area contributed by atoms with Crippen LogP contribution in [0.5, 0.6) is 0 Å². The Balaban J connectivity index is 2.21. The van der Waals surface area contributed by atoms with Gasteiger partial charge in [-0.05, 0) is 60.2 Å². The van der Waals surface area contributed by atoms with Gasteiger partial charge in [-0.3, -0.25) is 0 Å². The highest BCUT2D eigenvalue weighted by Crippen LogP contribution is 2.10. The molecular formula is C15H31N3O2. The van der Waals surface area contributed by atoms with Gasteiger partial charge in [-0.15, -0.1) is 0 Å². The number of hydrogen-bond donors (Lipinski definition) is 1. The van der Waals surface area contributed by atoms with E-state index in [2.05, 4.69) is 17.3 Å². The number of ether oxygens (including phenoxy) is 1. The third-order valence-electron chi connectivity index (χ3n) is 3.54. The van der Waals surface area contributed by atoms with Crippen LogP contribution < -0.4 is 5.32 Å². The summed E-state index contributed by atoms with van der Waals surface area (Å²) in [6.45, 7) is 9.51. The second kappa shape index (κ2) is 7.84. The van der Waals surface area contributed by atoms with Gasteiger partial charge in [0.2, 0.25) is 0 Å². The fraction of sp³-hybridized carbons (Fsp3) is 0.933. The van der Waals surface area contributed by atoms with Crippen LogP contribution in [0.25, 0.3) is 0 Å². The third kappa shape index (κ3) is 7.10. The largest absolute Gasteiger partial charge is 0.444 e. The van der Waals surface area contributed by atoms with Gasteiger partial charge in [0, 0.05) is 26.2 Å². The number of likely N-dealkylation sites (N-methyl/N-ethyl adjacent to an activating group) is 1. The molecule has 0 saturated carbocycles. The molecule has 0 aromatic heterocycles. The summed E-state index contributed by atoms with van der Waals surface area (Å²) < 4.78 is 5.33. The Morgan fingerprint density at radius 1 is 1.35 bits per heavy atom.